The molecule has 0 saturated carbocycles. The maximum Gasteiger partial charge on any atom is 0.236 e. The number of nitrogens with one attached hydrogen (secondary N) is 2. The molecule has 0 heterocycles. The minimum Gasteiger partial charge on any atom is -0.383 e. The molecular weight excluding hydrogens is 174 g/mol. The zero-order valence-electron chi connectivity index (χ0n) is 7.63. The van der Waals surface area contributed by atoms with E-state index < -0.39 is 5.91 Å². The lowest BCUT2D eigenvalue weighted by Crippen LogP contribution is -2.39. The van der Waals surface area contributed by atoms with Crippen LogP contribution < -0.4 is 16.4 Å². The maximum absolute atomic E-state index is 10.9. The predicted octanol–water partition coefficient (Wildman–Crippen LogP) is -2.18. The second-order valence-electron chi connectivity index (χ2n) is 2.41. The molecule has 0 saturated heterocycles. The molecule has 0 radical (unpaired) electrons. The van der Waals surface area contributed by atoms with Gasteiger partial charge in [0, 0.05) is 13.7 Å². The Morgan fingerprint density at radius 3 is 2.62 bits per heavy atom. The lowest BCUT2D eigenvalue weighted by molar-refractivity contribution is -0.124. The summed E-state index contributed by atoms with van der Waals surface area (Å²) in [6, 6.07) is 0. The second kappa shape index (κ2) is 7.51. The van der Waals surface area contributed by atoms with E-state index in [0.717, 1.165) is 0 Å². The number of hydrogen-bond acceptors (Lipinski definition) is 4. The molecule has 0 atom stereocenters. The van der Waals surface area contributed by atoms with Crippen molar-refractivity contribution < 1.29 is 14.3 Å². The molecule has 0 fully saturated rings. The Labute approximate surface area is 76.8 Å². The molecule has 4 N–H and O–H groups in total. The van der Waals surface area contributed by atoms with Crippen molar-refractivity contribution in [1.29, 1.82) is 0 Å². The SMILES string of the molecule is COCCNCC(=O)NCC(N)=O. The summed E-state index contributed by atoms with van der Waals surface area (Å²) in [6.07, 6.45) is 0. The van der Waals surface area contributed by atoms with E-state index in [1.807, 2.05) is 0 Å². The smallest absolute Gasteiger partial charge is 0.236 e. The third kappa shape index (κ3) is 8.77. The number of nitrogens with two attached hydrogens (primary N) is 1. The number of hydrogen-bond donors (Lipinski definition) is 3. The molecule has 0 bridgehead atoms. The van der Waals surface area contributed by atoms with Crippen molar-refractivity contribution in [1.82, 2.24) is 10.6 Å². The zero-order valence-corrected chi connectivity index (χ0v) is 7.63. The van der Waals surface area contributed by atoms with Crippen LogP contribution in [0.3, 0.4) is 0 Å². The number of amides is 2. The first-order valence-corrected chi connectivity index (χ1v) is 3.91. The highest BCUT2D eigenvalue weighted by Gasteiger charge is 2.00. The van der Waals surface area contributed by atoms with Gasteiger partial charge in [-0.3, -0.25) is 9.59 Å². The quantitative estimate of drug-likeness (QED) is 0.397. The molecule has 0 aliphatic carbocycles. The van der Waals surface area contributed by atoms with E-state index >= 15 is 0 Å². The molecule has 0 aromatic heterocycles. The molecule has 0 spiro atoms. The molecule has 13 heavy (non-hydrogen) atoms. The van der Waals surface area contributed by atoms with Gasteiger partial charge in [0.15, 0.2) is 0 Å². The van der Waals surface area contributed by atoms with Crippen LogP contribution in [0.4, 0.5) is 0 Å². The van der Waals surface area contributed by atoms with Gasteiger partial charge in [-0.15, -0.1) is 0 Å². The standard InChI is InChI=1S/C7H15N3O3/c1-13-3-2-9-5-7(12)10-4-6(8)11/h9H,2-5H2,1H3,(H2,8,11)(H,10,12). The first-order valence-electron chi connectivity index (χ1n) is 3.91. The van der Waals surface area contributed by atoms with Gasteiger partial charge in [-0.05, 0) is 0 Å². The third-order valence-electron chi connectivity index (χ3n) is 1.23. The molecule has 6 nitrogen and oxygen atoms in total. The second-order valence-corrected chi connectivity index (χ2v) is 2.41. The van der Waals surface area contributed by atoms with E-state index in [1.54, 1.807) is 7.11 Å². The molecule has 0 unspecified atom stereocenters. The van der Waals surface area contributed by atoms with E-state index in [-0.39, 0.29) is 19.0 Å². The summed E-state index contributed by atoms with van der Waals surface area (Å²) in [5.41, 5.74) is 4.82. The first kappa shape index (κ1) is 11.9. The fourth-order valence-corrected chi connectivity index (χ4v) is 0.624. The molecule has 0 aromatic carbocycles. The monoisotopic (exact) mass is 189 g/mol. The summed E-state index contributed by atoms with van der Waals surface area (Å²) in [5, 5.41) is 5.16. The molecule has 0 rings (SSSR count). The Hall–Kier alpha value is -1.14. The van der Waals surface area contributed by atoms with Crippen molar-refractivity contribution in [2.75, 3.05) is 33.4 Å². The van der Waals surface area contributed by atoms with Crippen molar-refractivity contribution in [3.8, 4) is 0 Å². The Bertz CT molecular complexity index is 172. The van der Waals surface area contributed by atoms with Gasteiger partial charge in [0.1, 0.15) is 0 Å². The summed E-state index contributed by atoms with van der Waals surface area (Å²) >= 11 is 0. The summed E-state index contributed by atoms with van der Waals surface area (Å²) in [5.74, 6) is -0.805. The highest BCUT2D eigenvalue weighted by molar-refractivity contribution is 5.84. The van der Waals surface area contributed by atoms with Crippen LogP contribution in [0, 0.1) is 0 Å². The minimum absolute atomic E-state index is 0.120. The molecule has 6 heteroatoms. The van der Waals surface area contributed by atoms with E-state index in [2.05, 4.69) is 10.6 Å². The van der Waals surface area contributed by atoms with E-state index in [0.29, 0.717) is 13.2 Å². The van der Waals surface area contributed by atoms with Crippen molar-refractivity contribution >= 4 is 11.8 Å². The van der Waals surface area contributed by atoms with E-state index in [1.165, 1.54) is 0 Å². The van der Waals surface area contributed by atoms with Crippen LogP contribution in [-0.2, 0) is 14.3 Å². The molecule has 76 valence electrons. The lowest BCUT2D eigenvalue weighted by Gasteiger charge is -2.03. The fraction of sp³-hybridized carbons (Fsp3) is 0.714. The van der Waals surface area contributed by atoms with Gasteiger partial charge in [-0.2, -0.15) is 0 Å². The third-order valence-corrected chi connectivity index (χ3v) is 1.23. The number of methoxy groups -OCH3 is 1. The minimum atomic E-state index is -0.551. The lowest BCUT2D eigenvalue weighted by atomic mass is 10.5. The highest BCUT2D eigenvalue weighted by Crippen LogP contribution is 1.66. The van der Waals surface area contributed by atoms with Crippen LogP contribution in [0.15, 0.2) is 0 Å². The zero-order chi connectivity index (χ0) is 10.1. The highest BCUT2D eigenvalue weighted by atomic mass is 16.5. The Balaban J connectivity index is 3.25. The Kier molecular flexibility index (Phi) is 6.85. The van der Waals surface area contributed by atoms with Gasteiger partial charge in [0.2, 0.25) is 11.8 Å². The molecular formula is C7H15N3O3. The number of carbonyl (C=O) groups excluding carboxylic acids is 2. The molecule has 2 amide bonds. The van der Waals surface area contributed by atoms with Crippen molar-refractivity contribution in [3.05, 3.63) is 0 Å². The average Bonchev–Trinajstić information content (AvgIpc) is 2.09. The molecule has 0 aliphatic heterocycles. The number of primary amides is 1. The van der Waals surface area contributed by atoms with Crippen LogP contribution in [0.5, 0.6) is 0 Å². The predicted molar refractivity (Wildman–Crippen MR) is 46.9 cm³/mol. The van der Waals surface area contributed by atoms with E-state index in [4.69, 9.17) is 10.5 Å². The Morgan fingerprint density at radius 2 is 2.08 bits per heavy atom. The average molecular weight is 189 g/mol. The van der Waals surface area contributed by atoms with Crippen molar-refractivity contribution in [2.45, 2.75) is 0 Å². The van der Waals surface area contributed by atoms with Crippen LogP contribution in [0.2, 0.25) is 0 Å². The van der Waals surface area contributed by atoms with Crippen LogP contribution in [-0.4, -0.2) is 45.2 Å². The van der Waals surface area contributed by atoms with Crippen LogP contribution in [0.1, 0.15) is 0 Å². The summed E-state index contributed by atoms with van der Waals surface area (Å²) in [6.45, 7) is 1.19. The van der Waals surface area contributed by atoms with E-state index in [9.17, 15) is 9.59 Å². The Morgan fingerprint density at radius 1 is 1.38 bits per heavy atom. The van der Waals surface area contributed by atoms with Gasteiger partial charge in [0.25, 0.3) is 0 Å². The topological polar surface area (TPSA) is 93.4 Å². The fourth-order valence-electron chi connectivity index (χ4n) is 0.624. The maximum atomic E-state index is 10.9. The van der Waals surface area contributed by atoms with Gasteiger partial charge in [-0.25, -0.2) is 0 Å². The van der Waals surface area contributed by atoms with Crippen molar-refractivity contribution in [3.63, 3.8) is 0 Å². The first-order chi connectivity index (χ1) is 6.16. The van der Waals surface area contributed by atoms with Crippen LogP contribution in [0.25, 0.3) is 0 Å². The summed E-state index contributed by atoms with van der Waals surface area (Å²) < 4.78 is 4.75. The molecule has 0 aliphatic rings. The van der Waals surface area contributed by atoms with Crippen LogP contribution >= 0.6 is 0 Å². The number of rotatable bonds is 7. The number of carbonyl (C=O) groups is 2. The van der Waals surface area contributed by atoms with Gasteiger partial charge in [0.05, 0.1) is 19.7 Å². The summed E-state index contributed by atoms with van der Waals surface area (Å²) in [4.78, 5) is 21.1. The van der Waals surface area contributed by atoms with Gasteiger partial charge < -0.3 is 21.1 Å². The normalized spacial score (nSPS) is 9.62. The summed E-state index contributed by atoms with van der Waals surface area (Å²) in [7, 11) is 1.58. The van der Waals surface area contributed by atoms with Gasteiger partial charge >= 0.3 is 0 Å². The largest absolute Gasteiger partial charge is 0.383 e. The van der Waals surface area contributed by atoms with Gasteiger partial charge in [-0.1, -0.05) is 0 Å². The van der Waals surface area contributed by atoms with Crippen molar-refractivity contribution in [2.24, 2.45) is 5.73 Å². The number of ether oxygens (including phenoxy) is 1. The molecule has 0 aromatic rings.